The Hall–Kier alpha value is -2.61. The van der Waals surface area contributed by atoms with E-state index in [1.54, 1.807) is 0 Å². The van der Waals surface area contributed by atoms with E-state index < -0.39 is 0 Å². The summed E-state index contributed by atoms with van der Waals surface area (Å²) in [5, 5.41) is 15.1. The van der Waals surface area contributed by atoms with Crippen LogP contribution in [0.15, 0.2) is 78.0 Å². The Morgan fingerprint density at radius 1 is 0.737 bits per heavy atom. The first-order valence-corrected chi connectivity index (χ1v) is 6.16. The molecule has 0 heterocycles. The molecule has 0 aromatic heterocycles. The first kappa shape index (κ1) is 11.5. The smallest absolute Gasteiger partial charge is 0.117 e. The van der Waals surface area contributed by atoms with Crippen LogP contribution >= 0.6 is 0 Å². The topological polar surface area (TPSA) is 32.6 Å². The summed E-state index contributed by atoms with van der Waals surface area (Å²) in [6, 6.07) is 23.8. The predicted molar refractivity (Wildman–Crippen MR) is 77.8 cm³/mol. The Kier molecular flexibility index (Phi) is 2.99. The maximum atomic E-state index is 9.38. The van der Waals surface area contributed by atoms with Gasteiger partial charge in [-0.05, 0) is 10.8 Å². The van der Waals surface area contributed by atoms with Gasteiger partial charge in [-0.3, -0.25) is 0 Å². The Bertz CT molecular complexity index is 727. The molecule has 2 nitrogen and oxygen atoms in total. The first-order chi connectivity index (χ1) is 9.40. The largest absolute Gasteiger partial charge is 0.410 e. The van der Waals surface area contributed by atoms with Crippen molar-refractivity contribution in [2.24, 2.45) is 5.16 Å². The molecule has 19 heavy (non-hydrogen) atoms. The molecule has 2 heteroatoms. The molecule has 0 saturated carbocycles. The van der Waals surface area contributed by atoms with Gasteiger partial charge in [-0.2, -0.15) is 0 Å². The summed E-state index contributed by atoms with van der Waals surface area (Å²) in [6.45, 7) is 0. The third-order valence-corrected chi connectivity index (χ3v) is 3.19. The molecule has 0 radical (unpaired) electrons. The quantitative estimate of drug-likeness (QED) is 0.413. The standard InChI is InChI=1S/C17H13NO/c19-18-17(14-8-2-1-3-9-14)16-12-6-10-13-7-4-5-11-15(13)16/h1-12,19H. The molecular formula is C17H13NO. The van der Waals surface area contributed by atoms with Crippen molar-refractivity contribution in [3.05, 3.63) is 83.9 Å². The average molecular weight is 247 g/mol. The highest BCUT2D eigenvalue weighted by atomic mass is 16.4. The molecule has 0 unspecified atom stereocenters. The lowest BCUT2D eigenvalue weighted by Crippen LogP contribution is -2.03. The highest BCUT2D eigenvalue weighted by Gasteiger charge is 2.10. The fourth-order valence-corrected chi connectivity index (χ4v) is 2.30. The molecule has 0 aliphatic heterocycles. The van der Waals surface area contributed by atoms with Gasteiger partial charge < -0.3 is 5.21 Å². The highest BCUT2D eigenvalue weighted by molar-refractivity contribution is 6.19. The summed E-state index contributed by atoms with van der Waals surface area (Å²) in [5.74, 6) is 0. The van der Waals surface area contributed by atoms with Crippen molar-refractivity contribution in [1.82, 2.24) is 0 Å². The lowest BCUT2D eigenvalue weighted by atomic mass is 9.97. The van der Waals surface area contributed by atoms with Crippen molar-refractivity contribution in [3.8, 4) is 0 Å². The summed E-state index contributed by atoms with van der Waals surface area (Å²) in [7, 11) is 0. The molecular weight excluding hydrogens is 234 g/mol. The minimum absolute atomic E-state index is 0.595. The zero-order valence-corrected chi connectivity index (χ0v) is 10.3. The second-order valence-corrected chi connectivity index (χ2v) is 4.34. The summed E-state index contributed by atoms with van der Waals surface area (Å²) in [4.78, 5) is 0. The fraction of sp³-hybridized carbons (Fsp3) is 0. The van der Waals surface area contributed by atoms with Crippen LogP contribution in [0.5, 0.6) is 0 Å². The molecule has 3 aromatic rings. The van der Waals surface area contributed by atoms with Crippen LogP contribution in [0.25, 0.3) is 10.8 Å². The average Bonchev–Trinajstić information content (AvgIpc) is 2.49. The Labute approximate surface area is 111 Å². The van der Waals surface area contributed by atoms with Crippen molar-refractivity contribution in [2.45, 2.75) is 0 Å². The van der Waals surface area contributed by atoms with E-state index in [0.717, 1.165) is 21.9 Å². The predicted octanol–water partition coefficient (Wildman–Crippen LogP) is 4.07. The maximum absolute atomic E-state index is 9.38. The number of hydrogen-bond donors (Lipinski definition) is 1. The van der Waals surface area contributed by atoms with Crippen LogP contribution in [0.1, 0.15) is 11.1 Å². The molecule has 0 saturated heterocycles. The lowest BCUT2D eigenvalue weighted by Gasteiger charge is -2.08. The Morgan fingerprint density at radius 2 is 1.42 bits per heavy atom. The highest BCUT2D eigenvalue weighted by Crippen LogP contribution is 2.21. The summed E-state index contributed by atoms with van der Waals surface area (Å²) in [6.07, 6.45) is 0. The number of fused-ring (bicyclic) bond motifs is 1. The van der Waals surface area contributed by atoms with Crippen LogP contribution in [-0.4, -0.2) is 10.9 Å². The van der Waals surface area contributed by atoms with Crippen molar-refractivity contribution < 1.29 is 5.21 Å². The normalized spacial score (nSPS) is 11.7. The molecule has 0 bridgehead atoms. The van der Waals surface area contributed by atoms with E-state index in [1.165, 1.54) is 0 Å². The van der Waals surface area contributed by atoms with Crippen LogP contribution in [0, 0.1) is 0 Å². The number of benzene rings is 3. The van der Waals surface area contributed by atoms with Crippen molar-refractivity contribution >= 4 is 16.5 Å². The lowest BCUT2D eigenvalue weighted by molar-refractivity contribution is 0.319. The Balaban J connectivity index is 2.24. The summed E-state index contributed by atoms with van der Waals surface area (Å²) in [5.41, 5.74) is 2.44. The van der Waals surface area contributed by atoms with E-state index in [0.29, 0.717) is 5.71 Å². The number of nitrogens with zero attached hydrogens (tertiary/aromatic N) is 1. The van der Waals surface area contributed by atoms with Gasteiger partial charge in [0.2, 0.25) is 0 Å². The fourth-order valence-electron chi connectivity index (χ4n) is 2.30. The van der Waals surface area contributed by atoms with Gasteiger partial charge in [-0.15, -0.1) is 0 Å². The van der Waals surface area contributed by atoms with Gasteiger partial charge in [0, 0.05) is 11.1 Å². The molecule has 0 fully saturated rings. The monoisotopic (exact) mass is 247 g/mol. The maximum Gasteiger partial charge on any atom is 0.117 e. The zero-order chi connectivity index (χ0) is 13.1. The Morgan fingerprint density at radius 3 is 2.21 bits per heavy atom. The van der Waals surface area contributed by atoms with E-state index in [9.17, 15) is 5.21 Å². The molecule has 92 valence electrons. The zero-order valence-electron chi connectivity index (χ0n) is 10.3. The van der Waals surface area contributed by atoms with Crippen LogP contribution in [0.3, 0.4) is 0 Å². The van der Waals surface area contributed by atoms with E-state index >= 15 is 0 Å². The van der Waals surface area contributed by atoms with Gasteiger partial charge in [-0.25, -0.2) is 0 Å². The van der Waals surface area contributed by atoms with Crippen molar-refractivity contribution in [2.75, 3.05) is 0 Å². The van der Waals surface area contributed by atoms with Crippen LogP contribution in [0.4, 0.5) is 0 Å². The summed E-state index contributed by atoms with van der Waals surface area (Å²) < 4.78 is 0. The molecule has 0 atom stereocenters. The van der Waals surface area contributed by atoms with Crippen molar-refractivity contribution in [1.29, 1.82) is 0 Å². The minimum atomic E-state index is 0.595. The molecule has 0 amide bonds. The summed E-state index contributed by atoms with van der Waals surface area (Å²) >= 11 is 0. The van der Waals surface area contributed by atoms with Gasteiger partial charge in [0.05, 0.1) is 0 Å². The molecule has 1 N–H and O–H groups in total. The van der Waals surface area contributed by atoms with Gasteiger partial charge >= 0.3 is 0 Å². The minimum Gasteiger partial charge on any atom is -0.410 e. The molecule has 0 spiro atoms. The third-order valence-electron chi connectivity index (χ3n) is 3.19. The second-order valence-electron chi connectivity index (χ2n) is 4.34. The second kappa shape index (κ2) is 4.94. The van der Waals surface area contributed by atoms with E-state index in [-0.39, 0.29) is 0 Å². The van der Waals surface area contributed by atoms with E-state index in [1.807, 2.05) is 60.7 Å². The van der Waals surface area contributed by atoms with Crippen LogP contribution in [-0.2, 0) is 0 Å². The molecule has 0 aliphatic carbocycles. The van der Waals surface area contributed by atoms with Crippen molar-refractivity contribution in [3.63, 3.8) is 0 Å². The SMILES string of the molecule is ON=C(c1ccccc1)c1cccc2ccccc12. The number of rotatable bonds is 2. The van der Waals surface area contributed by atoms with Gasteiger partial charge in [0.1, 0.15) is 5.71 Å². The van der Waals surface area contributed by atoms with Gasteiger partial charge in [0.25, 0.3) is 0 Å². The van der Waals surface area contributed by atoms with Gasteiger partial charge in [0.15, 0.2) is 0 Å². The van der Waals surface area contributed by atoms with E-state index in [4.69, 9.17) is 0 Å². The van der Waals surface area contributed by atoms with Gasteiger partial charge in [-0.1, -0.05) is 78.0 Å². The van der Waals surface area contributed by atoms with Crippen LogP contribution in [0.2, 0.25) is 0 Å². The molecule has 3 aromatic carbocycles. The first-order valence-electron chi connectivity index (χ1n) is 6.16. The third kappa shape index (κ3) is 2.08. The molecule has 0 aliphatic rings. The number of oxime groups is 1. The number of hydrogen-bond acceptors (Lipinski definition) is 2. The van der Waals surface area contributed by atoms with E-state index in [2.05, 4.69) is 17.3 Å². The van der Waals surface area contributed by atoms with Crippen LogP contribution < -0.4 is 0 Å². The molecule has 3 rings (SSSR count).